The molecule has 0 saturated carbocycles. The summed E-state index contributed by atoms with van der Waals surface area (Å²) in [5.41, 5.74) is 1.22. The van der Waals surface area contributed by atoms with Crippen molar-refractivity contribution in [3.8, 4) is 11.3 Å². The maximum Gasteiger partial charge on any atom is 0.149 e. The highest BCUT2D eigenvalue weighted by atomic mass is 19.1. The monoisotopic (exact) mass is 300 g/mol. The highest BCUT2D eigenvalue weighted by molar-refractivity contribution is 5.85. The molecular weight excluding hydrogens is 282 g/mol. The van der Waals surface area contributed by atoms with E-state index >= 15 is 0 Å². The normalized spacial score (nSPS) is 12.0. The molecule has 0 spiro atoms. The third kappa shape index (κ3) is 2.73. The Morgan fingerprint density at radius 2 is 1.86 bits per heavy atom. The smallest absolute Gasteiger partial charge is 0.149 e. The minimum Gasteiger partial charge on any atom is -0.347 e. The fraction of sp³-hybridized carbons (Fsp3) is 0.278. The molecule has 0 radical (unpaired) electrons. The first-order valence-electron chi connectivity index (χ1n) is 7.24. The molecular formula is C18H18F2N2. The van der Waals surface area contributed by atoms with E-state index in [0.29, 0.717) is 0 Å². The van der Waals surface area contributed by atoms with Crippen molar-refractivity contribution in [1.29, 1.82) is 0 Å². The maximum atomic E-state index is 14.3. The van der Waals surface area contributed by atoms with Crippen LogP contribution in [0.25, 0.3) is 22.2 Å². The Hall–Kier alpha value is -2.23. The van der Waals surface area contributed by atoms with Crippen molar-refractivity contribution in [2.75, 3.05) is 0 Å². The van der Waals surface area contributed by atoms with Crippen LogP contribution in [0.2, 0.25) is 0 Å². The van der Waals surface area contributed by atoms with Crippen LogP contribution in [0.15, 0.2) is 42.7 Å². The average molecular weight is 300 g/mol. The quantitative estimate of drug-likeness (QED) is 0.649. The summed E-state index contributed by atoms with van der Waals surface area (Å²) in [5, 5.41) is 0.807. The van der Waals surface area contributed by atoms with Gasteiger partial charge in [0, 0.05) is 35.4 Å². The molecule has 0 aliphatic rings. The lowest BCUT2D eigenvalue weighted by atomic mass is 9.97. The second-order valence-electron chi connectivity index (χ2n) is 6.73. The third-order valence-corrected chi connectivity index (χ3v) is 3.52. The Kier molecular flexibility index (Phi) is 3.47. The third-order valence-electron chi connectivity index (χ3n) is 3.52. The molecule has 0 bridgehead atoms. The zero-order valence-corrected chi connectivity index (χ0v) is 12.9. The number of pyridine rings is 1. The summed E-state index contributed by atoms with van der Waals surface area (Å²) in [6, 6.07) is 7.79. The van der Waals surface area contributed by atoms with E-state index in [4.69, 9.17) is 0 Å². The molecule has 0 saturated heterocycles. The number of benzene rings is 1. The van der Waals surface area contributed by atoms with Gasteiger partial charge in [0.05, 0.1) is 0 Å². The van der Waals surface area contributed by atoms with Crippen LogP contribution < -0.4 is 0 Å². The highest BCUT2D eigenvalue weighted by Crippen LogP contribution is 2.30. The van der Waals surface area contributed by atoms with Gasteiger partial charge in [-0.25, -0.2) is 8.78 Å². The molecule has 3 aromatic rings. The number of fused-ring (bicyclic) bond motifs is 1. The zero-order valence-electron chi connectivity index (χ0n) is 12.9. The molecule has 0 unspecified atom stereocenters. The summed E-state index contributed by atoms with van der Waals surface area (Å²) in [6.45, 7) is 7.22. The molecule has 3 rings (SSSR count). The first-order chi connectivity index (χ1) is 10.3. The van der Waals surface area contributed by atoms with Crippen molar-refractivity contribution in [2.24, 2.45) is 5.41 Å². The summed E-state index contributed by atoms with van der Waals surface area (Å²) in [5.74, 6) is -0.978. The van der Waals surface area contributed by atoms with Gasteiger partial charge in [0.2, 0.25) is 0 Å². The van der Waals surface area contributed by atoms with Crippen molar-refractivity contribution in [2.45, 2.75) is 27.3 Å². The number of rotatable bonds is 2. The van der Waals surface area contributed by atoms with Crippen molar-refractivity contribution < 1.29 is 8.78 Å². The van der Waals surface area contributed by atoms with Crippen LogP contribution >= 0.6 is 0 Å². The minimum absolute atomic E-state index is 0.0467. The Labute approximate surface area is 128 Å². The van der Waals surface area contributed by atoms with E-state index in [-0.39, 0.29) is 16.7 Å². The first kappa shape index (κ1) is 14.7. The summed E-state index contributed by atoms with van der Waals surface area (Å²) in [4.78, 5) is 3.98. The van der Waals surface area contributed by atoms with Gasteiger partial charge in [-0.15, -0.1) is 0 Å². The Bertz CT molecular complexity index is 829. The maximum absolute atomic E-state index is 14.3. The molecule has 0 aliphatic heterocycles. The largest absolute Gasteiger partial charge is 0.347 e. The van der Waals surface area contributed by atoms with E-state index in [0.717, 1.165) is 17.4 Å². The van der Waals surface area contributed by atoms with Gasteiger partial charge in [-0.05, 0) is 35.7 Å². The van der Waals surface area contributed by atoms with Crippen molar-refractivity contribution >= 4 is 10.9 Å². The van der Waals surface area contributed by atoms with Gasteiger partial charge in [0.25, 0.3) is 0 Å². The Balaban J connectivity index is 2.18. The molecule has 0 fully saturated rings. The SMILES string of the molecule is CC(C)(C)Cn1ccc2cc(F)c(-c3ncccc3F)cc21. The van der Waals surface area contributed by atoms with Gasteiger partial charge >= 0.3 is 0 Å². The lowest BCUT2D eigenvalue weighted by Gasteiger charge is -2.20. The molecule has 1 aromatic carbocycles. The standard InChI is InChI=1S/C18H18F2N2/c1-18(2,3)11-22-8-6-12-9-15(20)13(10-16(12)22)17-14(19)5-4-7-21-17/h4-10H,11H2,1-3H3. The van der Waals surface area contributed by atoms with E-state index in [1.807, 2.05) is 12.3 Å². The van der Waals surface area contributed by atoms with E-state index < -0.39 is 11.6 Å². The van der Waals surface area contributed by atoms with E-state index in [2.05, 4.69) is 30.3 Å². The first-order valence-corrected chi connectivity index (χ1v) is 7.24. The van der Waals surface area contributed by atoms with Gasteiger partial charge in [-0.3, -0.25) is 4.98 Å². The molecule has 22 heavy (non-hydrogen) atoms. The van der Waals surface area contributed by atoms with Crippen LogP contribution in [0.1, 0.15) is 20.8 Å². The summed E-state index contributed by atoms with van der Waals surface area (Å²) in [7, 11) is 0. The van der Waals surface area contributed by atoms with Gasteiger partial charge in [-0.1, -0.05) is 20.8 Å². The topological polar surface area (TPSA) is 17.8 Å². The van der Waals surface area contributed by atoms with Crippen LogP contribution in [0.3, 0.4) is 0 Å². The molecule has 114 valence electrons. The van der Waals surface area contributed by atoms with E-state index in [1.54, 1.807) is 6.07 Å². The molecule has 2 heterocycles. The van der Waals surface area contributed by atoms with E-state index in [9.17, 15) is 8.78 Å². The minimum atomic E-state index is -0.519. The second kappa shape index (κ2) is 5.20. The van der Waals surface area contributed by atoms with Gasteiger partial charge < -0.3 is 4.57 Å². The number of hydrogen-bond donors (Lipinski definition) is 0. The fourth-order valence-electron chi connectivity index (χ4n) is 2.62. The van der Waals surface area contributed by atoms with Crippen molar-refractivity contribution in [3.63, 3.8) is 0 Å². The predicted octanol–water partition coefficient (Wildman–Crippen LogP) is 5.03. The average Bonchev–Trinajstić information content (AvgIpc) is 2.79. The number of aromatic nitrogens is 2. The lowest BCUT2D eigenvalue weighted by molar-refractivity contribution is 0.349. The van der Waals surface area contributed by atoms with Crippen LogP contribution in [0.4, 0.5) is 8.78 Å². The summed E-state index contributed by atoms with van der Waals surface area (Å²) in [6.07, 6.45) is 3.41. The van der Waals surface area contributed by atoms with Gasteiger partial charge in [0.15, 0.2) is 0 Å². The molecule has 0 amide bonds. The predicted molar refractivity (Wildman–Crippen MR) is 84.5 cm³/mol. The summed E-state index contributed by atoms with van der Waals surface area (Å²) >= 11 is 0. The molecule has 4 heteroatoms. The highest BCUT2D eigenvalue weighted by Gasteiger charge is 2.16. The fourth-order valence-corrected chi connectivity index (χ4v) is 2.62. The molecule has 0 atom stereocenters. The van der Waals surface area contributed by atoms with Crippen molar-refractivity contribution in [1.82, 2.24) is 9.55 Å². The molecule has 2 nitrogen and oxygen atoms in total. The van der Waals surface area contributed by atoms with Crippen LogP contribution in [-0.2, 0) is 6.54 Å². The Morgan fingerprint density at radius 1 is 1.09 bits per heavy atom. The molecule has 0 aliphatic carbocycles. The number of nitrogens with zero attached hydrogens (tertiary/aromatic N) is 2. The van der Waals surface area contributed by atoms with Gasteiger partial charge in [0.1, 0.15) is 17.3 Å². The Morgan fingerprint density at radius 3 is 2.55 bits per heavy atom. The molecule has 0 N–H and O–H groups in total. The zero-order chi connectivity index (χ0) is 15.9. The summed E-state index contributed by atoms with van der Waals surface area (Å²) < 4.78 is 30.3. The van der Waals surface area contributed by atoms with Crippen LogP contribution in [0.5, 0.6) is 0 Å². The number of hydrogen-bond acceptors (Lipinski definition) is 1. The second-order valence-corrected chi connectivity index (χ2v) is 6.73. The van der Waals surface area contributed by atoms with Gasteiger partial charge in [-0.2, -0.15) is 0 Å². The van der Waals surface area contributed by atoms with E-state index in [1.165, 1.54) is 24.4 Å². The number of halogens is 2. The lowest BCUT2D eigenvalue weighted by Crippen LogP contribution is -2.14. The van der Waals surface area contributed by atoms with Crippen LogP contribution in [-0.4, -0.2) is 9.55 Å². The molecule has 2 aromatic heterocycles. The van der Waals surface area contributed by atoms with Crippen LogP contribution in [0, 0.1) is 17.0 Å². The van der Waals surface area contributed by atoms with Crippen molar-refractivity contribution in [3.05, 3.63) is 54.4 Å².